The van der Waals surface area contributed by atoms with Crippen LogP contribution in [0.2, 0.25) is 0 Å². The molecule has 4 rings (SSSR count). The van der Waals surface area contributed by atoms with Crippen LogP contribution >= 0.6 is 11.8 Å². The topological polar surface area (TPSA) is 107 Å². The molecule has 0 atom stereocenters. The third-order valence-electron chi connectivity index (χ3n) is 6.10. The molecule has 3 aromatic rings. The van der Waals surface area contributed by atoms with E-state index >= 15 is 0 Å². The molecule has 1 saturated carbocycles. The molecule has 1 aromatic heterocycles. The number of hydrogen-bond acceptors (Lipinski definition) is 8. The van der Waals surface area contributed by atoms with E-state index in [0.717, 1.165) is 37.1 Å². The van der Waals surface area contributed by atoms with Crippen molar-refractivity contribution in [3.05, 3.63) is 53.3 Å². The summed E-state index contributed by atoms with van der Waals surface area (Å²) in [5.74, 6) is 1.75. The Labute approximate surface area is 202 Å². The Morgan fingerprint density at radius 3 is 2.50 bits per heavy atom. The molecule has 0 saturated heterocycles. The average Bonchev–Trinajstić information content (AvgIpc) is 3.25. The van der Waals surface area contributed by atoms with Crippen molar-refractivity contribution < 1.29 is 24.5 Å². The van der Waals surface area contributed by atoms with Crippen molar-refractivity contribution in [1.82, 2.24) is 14.8 Å². The molecule has 9 heteroatoms. The number of nitrogens with zero attached hydrogens (tertiary/aromatic N) is 3. The number of rotatable bonds is 9. The highest BCUT2D eigenvalue weighted by molar-refractivity contribution is 7.99. The van der Waals surface area contributed by atoms with Crippen LogP contribution in [0.5, 0.6) is 23.0 Å². The smallest absolute Gasteiger partial charge is 0.191 e. The summed E-state index contributed by atoms with van der Waals surface area (Å²) >= 11 is 1.32. The van der Waals surface area contributed by atoms with Gasteiger partial charge in [0.2, 0.25) is 0 Å². The predicted molar refractivity (Wildman–Crippen MR) is 129 cm³/mol. The number of aromatic hydroxyl groups is 2. The average molecular weight is 484 g/mol. The number of carbonyl (C=O) groups excluding carboxylic acids is 1. The summed E-state index contributed by atoms with van der Waals surface area (Å²) in [6, 6.07) is 10.1. The number of benzene rings is 2. The van der Waals surface area contributed by atoms with Crippen molar-refractivity contribution in [2.24, 2.45) is 0 Å². The zero-order valence-electron chi connectivity index (χ0n) is 19.4. The van der Waals surface area contributed by atoms with Crippen molar-refractivity contribution in [2.45, 2.75) is 49.7 Å². The summed E-state index contributed by atoms with van der Waals surface area (Å²) in [5, 5.41) is 29.1. The highest BCUT2D eigenvalue weighted by Crippen LogP contribution is 2.35. The number of ketones is 1. The highest BCUT2D eigenvalue weighted by Gasteiger charge is 2.24. The van der Waals surface area contributed by atoms with Crippen molar-refractivity contribution in [1.29, 1.82) is 0 Å². The van der Waals surface area contributed by atoms with Crippen LogP contribution in [0.1, 0.15) is 59.9 Å². The fraction of sp³-hybridized carbons (Fsp3) is 0.400. The third kappa shape index (κ3) is 5.30. The lowest BCUT2D eigenvalue weighted by Crippen LogP contribution is -2.17. The Kier molecular flexibility index (Phi) is 7.62. The first-order chi connectivity index (χ1) is 16.5. The number of carbonyl (C=O) groups is 1. The Morgan fingerprint density at radius 2 is 1.79 bits per heavy atom. The van der Waals surface area contributed by atoms with Gasteiger partial charge in [-0.3, -0.25) is 4.79 Å². The zero-order chi connectivity index (χ0) is 24.1. The first kappa shape index (κ1) is 23.9. The molecule has 0 unspecified atom stereocenters. The van der Waals surface area contributed by atoms with Gasteiger partial charge < -0.3 is 24.3 Å². The summed E-state index contributed by atoms with van der Waals surface area (Å²) < 4.78 is 13.0. The van der Waals surface area contributed by atoms with E-state index in [0.29, 0.717) is 29.1 Å². The molecule has 0 aliphatic heterocycles. The van der Waals surface area contributed by atoms with Crippen molar-refractivity contribution in [2.75, 3.05) is 20.0 Å². The van der Waals surface area contributed by atoms with Gasteiger partial charge in [0.15, 0.2) is 22.4 Å². The van der Waals surface area contributed by atoms with Crippen molar-refractivity contribution in [3.8, 4) is 23.0 Å². The largest absolute Gasteiger partial charge is 0.508 e. The lowest BCUT2D eigenvalue weighted by molar-refractivity contribution is 0.102. The SMILES string of the molecule is COc1ccc(Cc2nnc(SCC(=O)c3ccc(O)cc3O)n2C2CCCCC2)cc1OC. The van der Waals surface area contributed by atoms with Gasteiger partial charge in [0.05, 0.1) is 25.5 Å². The van der Waals surface area contributed by atoms with E-state index < -0.39 is 0 Å². The monoisotopic (exact) mass is 483 g/mol. The van der Waals surface area contributed by atoms with Crippen LogP contribution in [0.25, 0.3) is 0 Å². The molecule has 2 aromatic carbocycles. The minimum absolute atomic E-state index is 0.0847. The number of phenolic OH excluding ortho intramolecular Hbond substituents is 2. The molecule has 0 amide bonds. The van der Waals surface area contributed by atoms with Crippen LogP contribution in [0.15, 0.2) is 41.6 Å². The van der Waals surface area contributed by atoms with Gasteiger partial charge >= 0.3 is 0 Å². The number of methoxy groups -OCH3 is 2. The summed E-state index contributed by atoms with van der Waals surface area (Å²) in [4.78, 5) is 12.7. The number of thioether (sulfide) groups is 1. The maximum absolute atomic E-state index is 12.7. The van der Waals surface area contributed by atoms with Crippen molar-refractivity contribution >= 4 is 17.5 Å². The predicted octanol–water partition coefficient (Wildman–Crippen LogP) is 4.78. The van der Waals surface area contributed by atoms with E-state index in [-0.39, 0.29) is 28.6 Å². The lowest BCUT2D eigenvalue weighted by Gasteiger charge is -2.25. The first-order valence-electron chi connectivity index (χ1n) is 11.3. The van der Waals surface area contributed by atoms with Gasteiger partial charge in [0.25, 0.3) is 0 Å². The fourth-order valence-electron chi connectivity index (χ4n) is 4.37. The number of ether oxygens (including phenoxy) is 2. The van der Waals surface area contributed by atoms with Crippen LogP contribution in [0, 0.1) is 0 Å². The van der Waals surface area contributed by atoms with E-state index in [1.165, 1.54) is 36.4 Å². The maximum atomic E-state index is 12.7. The molecule has 0 spiro atoms. The molecule has 1 fully saturated rings. The third-order valence-corrected chi connectivity index (χ3v) is 7.04. The number of aromatic nitrogens is 3. The zero-order valence-corrected chi connectivity index (χ0v) is 20.2. The van der Waals surface area contributed by atoms with E-state index in [4.69, 9.17) is 9.47 Å². The molecule has 2 N–H and O–H groups in total. The summed E-state index contributed by atoms with van der Waals surface area (Å²) in [6.45, 7) is 0. The molecule has 1 aliphatic rings. The highest BCUT2D eigenvalue weighted by atomic mass is 32.2. The maximum Gasteiger partial charge on any atom is 0.191 e. The van der Waals surface area contributed by atoms with Gasteiger partial charge in [-0.25, -0.2) is 0 Å². The second-order valence-electron chi connectivity index (χ2n) is 8.34. The molecule has 0 radical (unpaired) electrons. The van der Waals surface area contributed by atoms with Gasteiger partial charge in [-0.1, -0.05) is 37.1 Å². The second-order valence-corrected chi connectivity index (χ2v) is 9.28. The minimum Gasteiger partial charge on any atom is -0.508 e. The Bertz CT molecular complexity index is 1160. The molecule has 0 bridgehead atoms. The van der Waals surface area contributed by atoms with Gasteiger partial charge in [-0.15, -0.1) is 10.2 Å². The second kappa shape index (κ2) is 10.8. The van der Waals surface area contributed by atoms with Gasteiger partial charge in [0.1, 0.15) is 17.3 Å². The number of hydrogen-bond donors (Lipinski definition) is 2. The van der Waals surface area contributed by atoms with Crippen LogP contribution in [0.3, 0.4) is 0 Å². The van der Waals surface area contributed by atoms with Gasteiger partial charge in [0, 0.05) is 18.5 Å². The van der Waals surface area contributed by atoms with Crippen LogP contribution in [0.4, 0.5) is 0 Å². The number of Topliss-reactive ketones (excluding diaryl/α,β-unsaturated/α-hetero) is 1. The van der Waals surface area contributed by atoms with E-state index in [9.17, 15) is 15.0 Å². The van der Waals surface area contributed by atoms with Crippen molar-refractivity contribution in [3.63, 3.8) is 0 Å². The Balaban J connectivity index is 1.57. The van der Waals surface area contributed by atoms with Crippen LogP contribution < -0.4 is 9.47 Å². The molecule has 1 heterocycles. The van der Waals surface area contributed by atoms with E-state index in [2.05, 4.69) is 14.8 Å². The lowest BCUT2D eigenvalue weighted by atomic mass is 9.95. The Morgan fingerprint density at radius 1 is 1.03 bits per heavy atom. The fourth-order valence-corrected chi connectivity index (χ4v) is 5.28. The summed E-state index contributed by atoms with van der Waals surface area (Å²) in [7, 11) is 3.23. The molecule has 8 nitrogen and oxygen atoms in total. The standard InChI is InChI=1S/C25H29N3O5S/c1-32-22-11-8-16(12-23(22)33-2)13-24-26-27-25(28(24)17-6-4-3-5-7-17)34-15-21(31)19-10-9-18(29)14-20(19)30/h8-12,14,17,29-30H,3-7,13,15H2,1-2H3. The normalized spacial score (nSPS) is 14.2. The van der Waals surface area contributed by atoms with Crippen LogP contribution in [-0.4, -0.2) is 50.7 Å². The molecular weight excluding hydrogens is 454 g/mol. The van der Waals surface area contributed by atoms with Gasteiger partial charge in [-0.2, -0.15) is 0 Å². The van der Waals surface area contributed by atoms with Gasteiger partial charge in [-0.05, 0) is 42.7 Å². The molecular formula is C25H29N3O5S. The summed E-state index contributed by atoms with van der Waals surface area (Å²) in [6.07, 6.45) is 6.22. The summed E-state index contributed by atoms with van der Waals surface area (Å²) in [5.41, 5.74) is 1.21. The minimum atomic E-state index is -0.234. The molecule has 1 aliphatic carbocycles. The molecule has 180 valence electrons. The first-order valence-corrected chi connectivity index (χ1v) is 12.3. The van der Waals surface area contributed by atoms with E-state index in [1.807, 2.05) is 18.2 Å². The molecule has 34 heavy (non-hydrogen) atoms. The number of phenols is 2. The van der Waals surface area contributed by atoms with Crippen LogP contribution in [-0.2, 0) is 6.42 Å². The Hall–Kier alpha value is -3.20. The van der Waals surface area contributed by atoms with E-state index in [1.54, 1.807) is 14.2 Å². The quantitative estimate of drug-likeness (QED) is 0.331.